The van der Waals surface area contributed by atoms with Crippen LogP contribution in [-0.4, -0.2) is 29.0 Å². The lowest BCUT2D eigenvalue weighted by Gasteiger charge is -2.26. The Morgan fingerprint density at radius 1 is 1.06 bits per heavy atom. The molecule has 1 heterocycles. The Kier molecular flexibility index (Phi) is 5.59. The maximum Gasteiger partial charge on any atom is 0.300 e. The van der Waals surface area contributed by atoms with Gasteiger partial charge >= 0.3 is 0 Å². The van der Waals surface area contributed by atoms with Crippen LogP contribution in [0.1, 0.15) is 17.2 Å². The number of ether oxygens (including phenoxy) is 1. The second-order valence-electron chi connectivity index (χ2n) is 7.03. The van der Waals surface area contributed by atoms with Crippen molar-refractivity contribution in [2.75, 3.05) is 12.0 Å². The van der Waals surface area contributed by atoms with Crippen molar-refractivity contribution < 1.29 is 28.9 Å². The Balaban J connectivity index is 2.02. The summed E-state index contributed by atoms with van der Waals surface area (Å²) in [5.41, 5.74) is -0.352. The standard InChI is InChI=1S/C24H17ClFNO5/c1-32-13-10-11-16(25)15(12-13)22(29)20-21(14-6-2-3-7-17(14)26)27(24(31)23(20)30)18-8-4-5-9-19(18)28/h2-12,21,28-29H,1H3/b22-20+. The maximum atomic E-state index is 14.9. The minimum absolute atomic E-state index is 0.00126. The number of methoxy groups -OCH3 is 1. The third kappa shape index (κ3) is 3.46. The van der Waals surface area contributed by atoms with Gasteiger partial charge in [-0.2, -0.15) is 0 Å². The minimum atomic E-state index is -1.34. The largest absolute Gasteiger partial charge is 0.507 e. The van der Waals surface area contributed by atoms with Crippen LogP contribution in [0.15, 0.2) is 72.3 Å². The molecule has 1 fully saturated rings. The highest BCUT2D eigenvalue weighted by atomic mass is 35.5. The van der Waals surface area contributed by atoms with Gasteiger partial charge in [0.1, 0.15) is 23.1 Å². The lowest BCUT2D eigenvalue weighted by Crippen LogP contribution is -2.29. The van der Waals surface area contributed by atoms with E-state index >= 15 is 0 Å². The number of rotatable bonds is 4. The molecule has 32 heavy (non-hydrogen) atoms. The van der Waals surface area contributed by atoms with E-state index in [1.54, 1.807) is 24.3 Å². The molecule has 0 bridgehead atoms. The molecule has 3 aromatic carbocycles. The van der Waals surface area contributed by atoms with Crippen molar-refractivity contribution in [2.24, 2.45) is 0 Å². The number of carbonyl (C=O) groups excluding carboxylic acids is 2. The number of ketones is 1. The van der Waals surface area contributed by atoms with E-state index in [9.17, 15) is 24.2 Å². The second kappa shape index (κ2) is 8.36. The van der Waals surface area contributed by atoms with Crippen molar-refractivity contribution in [3.05, 3.63) is 94.3 Å². The first-order valence-corrected chi connectivity index (χ1v) is 9.90. The summed E-state index contributed by atoms with van der Waals surface area (Å²) in [6, 6.07) is 14.6. The number of anilines is 1. The first kappa shape index (κ1) is 21.4. The molecule has 162 valence electrons. The van der Waals surface area contributed by atoms with Crippen LogP contribution in [0.4, 0.5) is 10.1 Å². The fourth-order valence-corrected chi connectivity index (χ4v) is 3.90. The average Bonchev–Trinajstić information content (AvgIpc) is 3.05. The van der Waals surface area contributed by atoms with Crippen LogP contribution in [0.5, 0.6) is 11.5 Å². The molecular formula is C24H17ClFNO5. The van der Waals surface area contributed by atoms with Crippen molar-refractivity contribution in [3.63, 3.8) is 0 Å². The number of aromatic hydroxyl groups is 1. The van der Waals surface area contributed by atoms with Gasteiger partial charge in [-0.25, -0.2) is 4.39 Å². The van der Waals surface area contributed by atoms with Crippen molar-refractivity contribution in [1.82, 2.24) is 0 Å². The van der Waals surface area contributed by atoms with Crippen molar-refractivity contribution in [2.45, 2.75) is 6.04 Å². The molecule has 1 aliphatic rings. The molecule has 4 rings (SSSR count). The first-order chi connectivity index (χ1) is 15.3. The third-order valence-corrected chi connectivity index (χ3v) is 5.54. The number of aliphatic hydroxyl groups excluding tert-OH is 1. The monoisotopic (exact) mass is 453 g/mol. The van der Waals surface area contributed by atoms with E-state index in [1.165, 1.54) is 49.6 Å². The second-order valence-corrected chi connectivity index (χ2v) is 7.43. The summed E-state index contributed by atoms with van der Waals surface area (Å²) in [6.45, 7) is 0. The number of phenolic OH excluding ortho intramolecular Hbond substituents is 1. The highest BCUT2D eigenvalue weighted by molar-refractivity contribution is 6.52. The third-order valence-electron chi connectivity index (χ3n) is 5.21. The van der Waals surface area contributed by atoms with Crippen LogP contribution in [0, 0.1) is 5.82 Å². The predicted octanol–water partition coefficient (Wildman–Crippen LogP) is 4.82. The fourth-order valence-electron chi connectivity index (χ4n) is 3.70. The topological polar surface area (TPSA) is 87.1 Å². The van der Waals surface area contributed by atoms with Gasteiger partial charge in [-0.15, -0.1) is 0 Å². The fraction of sp³-hybridized carbons (Fsp3) is 0.0833. The maximum absolute atomic E-state index is 14.9. The number of halogens is 2. The smallest absolute Gasteiger partial charge is 0.300 e. The summed E-state index contributed by atoms with van der Waals surface area (Å²) in [4.78, 5) is 27.1. The normalized spacial score (nSPS) is 17.6. The van der Waals surface area contributed by atoms with Crippen LogP contribution >= 0.6 is 11.6 Å². The number of hydrogen-bond donors (Lipinski definition) is 2. The van der Waals surface area contributed by atoms with Gasteiger partial charge in [0, 0.05) is 11.1 Å². The summed E-state index contributed by atoms with van der Waals surface area (Å²) in [6.07, 6.45) is 0. The highest BCUT2D eigenvalue weighted by Gasteiger charge is 2.48. The molecular weight excluding hydrogens is 437 g/mol. The highest BCUT2D eigenvalue weighted by Crippen LogP contribution is 2.45. The first-order valence-electron chi connectivity index (χ1n) is 9.52. The van der Waals surface area contributed by atoms with E-state index in [1.807, 2.05) is 0 Å². The number of amides is 1. The number of benzene rings is 3. The molecule has 0 spiro atoms. The van der Waals surface area contributed by atoms with Crippen molar-refractivity contribution >= 4 is 34.7 Å². The Morgan fingerprint density at radius 3 is 2.44 bits per heavy atom. The molecule has 1 atom stereocenters. The van der Waals surface area contributed by atoms with E-state index in [0.717, 1.165) is 4.90 Å². The zero-order valence-corrected chi connectivity index (χ0v) is 17.5. The molecule has 2 N–H and O–H groups in total. The van der Waals surface area contributed by atoms with E-state index < -0.39 is 29.3 Å². The van der Waals surface area contributed by atoms with Gasteiger partial charge in [0.2, 0.25) is 0 Å². The zero-order chi connectivity index (χ0) is 23.0. The summed E-state index contributed by atoms with van der Waals surface area (Å²) < 4.78 is 20.0. The van der Waals surface area contributed by atoms with E-state index in [0.29, 0.717) is 5.75 Å². The van der Waals surface area contributed by atoms with Crippen LogP contribution in [0.3, 0.4) is 0 Å². The number of phenols is 1. The number of nitrogens with zero attached hydrogens (tertiary/aromatic N) is 1. The van der Waals surface area contributed by atoms with Gasteiger partial charge in [-0.3, -0.25) is 14.5 Å². The van der Waals surface area contributed by atoms with Crippen LogP contribution in [-0.2, 0) is 9.59 Å². The number of Topliss-reactive ketones (excluding diaryl/α,β-unsaturated/α-hetero) is 1. The minimum Gasteiger partial charge on any atom is -0.507 e. The van der Waals surface area contributed by atoms with Gasteiger partial charge < -0.3 is 14.9 Å². The molecule has 1 unspecified atom stereocenters. The van der Waals surface area contributed by atoms with E-state index in [2.05, 4.69) is 0 Å². The van der Waals surface area contributed by atoms with Crippen molar-refractivity contribution in [3.8, 4) is 11.5 Å². The molecule has 8 heteroatoms. The van der Waals surface area contributed by atoms with Crippen LogP contribution in [0.25, 0.3) is 5.76 Å². The summed E-state index contributed by atoms with van der Waals surface area (Å²) >= 11 is 6.24. The van der Waals surface area contributed by atoms with Gasteiger partial charge in [-0.1, -0.05) is 41.9 Å². The quantitative estimate of drug-likeness (QED) is 0.336. The number of para-hydroxylation sites is 2. The Bertz CT molecular complexity index is 1270. The Hall–Kier alpha value is -3.84. The molecule has 1 aliphatic heterocycles. The molecule has 0 saturated carbocycles. The molecule has 3 aromatic rings. The van der Waals surface area contributed by atoms with Gasteiger partial charge in [0.15, 0.2) is 0 Å². The predicted molar refractivity (Wildman–Crippen MR) is 117 cm³/mol. The average molecular weight is 454 g/mol. The number of carbonyl (C=O) groups is 2. The summed E-state index contributed by atoms with van der Waals surface area (Å²) in [7, 11) is 1.42. The molecule has 0 aromatic heterocycles. The van der Waals surface area contributed by atoms with E-state index in [4.69, 9.17) is 16.3 Å². The summed E-state index contributed by atoms with van der Waals surface area (Å²) in [5, 5.41) is 21.6. The Morgan fingerprint density at radius 2 is 1.75 bits per heavy atom. The zero-order valence-electron chi connectivity index (χ0n) is 16.8. The SMILES string of the molecule is COc1ccc(Cl)c(/C(O)=C2\C(=O)C(=O)N(c3ccccc3O)C2c2ccccc2F)c1. The lowest BCUT2D eigenvalue weighted by atomic mass is 9.94. The molecule has 1 saturated heterocycles. The van der Waals surface area contributed by atoms with Crippen LogP contribution < -0.4 is 9.64 Å². The summed E-state index contributed by atoms with van der Waals surface area (Å²) in [5.74, 6) is -3.28. The Labute approximate surface area is 187 Å². The van der Waals surface area contributed by atoms with Crippen molar-refractivity contribution in [1.29, 1.82) is 0 Å². The van der Waals surface area contributed by atoms with Gasteiger partial charge in [-0.05, 0) is 36.4 Å². The molecule has 0 radical (unpaired) electrons. The lowest BCUT2D eigenvalue weighted by molar-refractivity contribution is -0.132. The molecule has 0 aliphatic carbocycles. The molecule has 1 amide bonds. The number of aliphatic hydroxyl groups is 1. The van der Waals surface area contributed by atoms with Crippen LogP contribution in [0.2, 0.25) is 5.02 Å². The molecule has 6 nitrogen and oxygen atoms in total. The number of hydrogen-bond acceptors (Lipinski definition) is 5. The van der Waals surface area contributed by atoms with Gasteiger partial charge in [0.05, 0.1) is 29.4 Å². The van der Waals surface area contributed by atoms with Gasteiger partial charge in [0.25, 0.3) is 11.7 Å². The van der Waals surface area contributed by atoms with E-state index in [-0.39, 0.29) is 33.2 Å².